The predicted molar refractivity (Wildman–Crippen MR) is 104 cm³/mol. The molecule has 2 rings (SSSR count). The van der Waals surface area contributed by atoms with E-state index in [1.807, 2.05) is 0 Å². The monoisotopic (exact) mass is 499 g/mol. The van der Waals surface area contributed by atoms with Crippen molar-refractivity contribution in [1.82, 2.24) is 5.43 Å². The van der Waals surface area contributed by atoms with Gasteiger partial charge in [0.1, 0.15) is 5.75 Å². The van der Waals surface area contributed by atoms with Crippen LogP contribution in [0.2, 0.25) is 5.02 Å². The third kappa shape index (κ3) is 5.53. The highest BCUT2D eigenvalue weighted by atomic mass is 35.5. The molecule has 0 heterocycles. The number of aromatic hydroxyl groups is 1. The van der Waals surface area contributed by atoms with Crippen molar-refractivity contribution in [2.45, 2.75) is 24.9 Å². The fourth-order valence-corrected chi connectivity index (χ4v) is 2.47. The number of benzene rings is 2. The lowest BCUT2D eigenvalue weighted by molar-refractivity contribution is -0.343. The first-order valence-electron chi connectivity index (χ1n) is 8.65. The van der Waals surface area contributed by atoms with Crippen molar-refractivity contribution < 1.29 is 45.4 Å². The van der Waals surface area contributed by atoms with Gasteiger partial charge in [-0.2, -0.15) is 35.8 Å². The molecule has 0 saturated heterocycles. The molecule has 6 nitrogen and oxygen atoms in total. The van der Waals surface area contributed by atoms with Crippen LogP contribution in [0, 0.1) is 0 Å². The number of nitrogens with one attached hydrogen (secondary N) is 2. The van der Waals surface area contributed by atoms with E-state index in [0.717, 1.165) is 24.3 Å². The summed E-state index contributed by atoms with van der Waals surface area (Å²) in [5, 5.41) is 14.9. The smallest absolute Gasteiger partial charge is 0.460 e. The van der Waals surface area contributed by atoms with Gasteiger partial charge >= 0.3 is 23.9 Å². The minimum absolute atomic E-state index is 0.0280. The van der Waals surface area contributed by atoms with Gasteiger partial charge in [-0.3, -0.25) is 9.59 Å². The van der Waals surface area contributed by atoms with Gasteiger partial charge in [-0.05, 0) is 42.8 Å². The maximum absolute atomic E-state index is 13.5. The summed E-state index contributed by atoms with van der Waals surface area (Å²) in [4.78, 5) is 23.6. The second-order valence-corrected chi connectivity index (χ2v) is 6.92. The predicted octanol–water partition coefficient (Wildman–Crippen LogP) is 4.97. The van der Waals surface area contributed by atoms with Gasteiger partial charge in [0, 0.05) is 10.7 Å². The summed E-state index contributed by atoms with van der Waals surface area (Å²) >= 11 is 5.66. The van der Waals surface area contributed by atoms with Crippen LogP contribution in [0.25, 0.3) is 0 Å². The Morgan fingerprint density at radius 3 is 2.21 bits per heavy atom. The van der Waals surface area contributed by atoms with Crippen LogP contribution in [0.15, 0.2) is 47.6 Å². The summed E-state index contributed by atoms with van der Waals surface area (Å²) in [7, 11) is 0. The number of hydrogen-bond acceptors (Lipinski definition) is 4. The molecule has 3 N–H and O–H groups in total. The minimum atomic E-state index is -6.66. The van der Waals surface area contributed by atoms with Crippen molar-refractivity contribution in [3.63, 3.8) is 0 Å². The number of halogens is 8. The van der Waals surface area contributed by atoms with Gasteiger partial charge in [0.15, 0.2) is 0 Å². The van der Waals surface area contributed by atoms with E-state index in [1.165, 1.54) is 30.4 Å². The minimum Gasteiger partial charge on any atom is -0.507 e. The van der Waals surface area contributed by atoms with E-state index < -0.39 is 41.3 Å². The molecule has 0 aliphatic rings. The number of hydrazone groups is 1. The van der Waals surface area contributed by atoms with E-state index in [0.29, 0.717) is 0 Å². The molecule has 0 atom stereocenters. The molecule has 0 unspecified atom stereocenters. The highest BCUT2D eigenvalue weighted by Crippen LogP contribution is 2.46. The lowest BCUT2D eigenvalue weighted by Gasteiger charge is -2.27. The molecule has 14 heteroatoms. The molecule has 0 bridgehead atoms. The number of carbonyl (C=O) groups is 2. The van der Waals surface area contributed by atoms with Gasteiger partial charge in [0.25, 0.3) is 5.91 Å². The summed E-state index contributed by atoms with van der Waals surface area (Å²) in [5.41, 5.74) is 1.49. The summed E-state index contributed by atoms with van der Waals surface area (Å²) in [5.74, 6) is -16.8. The number of anilines is 1. The molecular weight excluding hydrogens is 487 g/mol. The van der Waals surface area contributed by atoms with E-state index >= 15 is 0 Å². The molecule has 0 aliphatic heterocycles. The normalized spacial score (nSPS) is 12.9. The molecule has 33 heavy (non-hydrogen) atoms. The Balaban J connectivity index is 2.18. The molecule has 178 valence electrons. The molecule has 0 radical (unpaired) electrons. The highest BCUT2D eigenvalue weighted by molar-refractivity contribution is 6.30. The first-order valence-corrected chi connectivity index (χ1v) is 9.03. The Hall–Kier alpha value is -3.35. The zero-order chi connectivity index (χ0) is 25.2. The fraction of sp³-hybridized carbons (Fsp3) is 0.211. The number of phenols is 1. The van der Waals surface area contributed by atoms with Crippen molar-refractivity contribution in [3.8, 4) is 5.75 Å². The van der Waals surface area contributed by atoms with Crippen LogP contribution in [0.5, 0.6) is 5.75 Å². The van der Waals surface area contributed by atoms with E-state index in [4.69, 9.17) is 11.6 Å². The van der Waals surface area contributed by atoms with Gasteiger partial charge < -0.3 is 10.4 Å². The Labute approximate surface area is 186 Å². The Bertz CT molecular complexity index is 1100. The number of rotatable bonds is 6. The number of nitrogens with zero attached hydrogens (tertiary/aromatic N) is 1. The molecule has 0 spiro atoms. The molecule has 0 saturated carbocycles. The third-order valence-electron chi connectivity index (χ3n) is 4.10. The Morgan fingerprint density at radius 2 is 1.64 bits per heavy atom. The quantitative estimate of drug-likeness (QED) is 0.298. The standard InChI is InChI=1S/C19H13ClF7N3O3/c1-9(29-30-15(32)13-6-5-11(20)8-14(13)31)10-3-2-4-12(7-10)28-16(33)17(21,22)18(23,24)19(25,26)27/h2-8,31H,1H3,(H,28,33)(H,30,32)/b29-9-. The van der Waals surface area contributed by atoms with Crippen LogP contribution in [0.3, 0.4) is 0 Å². The summed E-state index contributed by atoms with van der Waals surface area (Å²) in [6, 6.07) is 8.05. The maximum atomic E-state index is 13.5. The van der Waals surface area contributed by atoms with Gasteiger partial charge in [-0.15, -0.1) is 0 Å². The number of hydrogen-bond donors (Lipinski definition) is 3. The van der Waals surface area contributed by atoms with Gasteiger partial charge in [0.2, 0.25) is 0 Å². The largest absolute Gasteiger partial charge is 0.507 e. The van der Waals surface area contributed by atoms with E-state index in [9.17, 15) is 45.4 Å². The van der Waals surface area contributed by atoms with E-state index in [-0.39, 0.29) is 21.9 Å². The second-order valence-electron chi connectivity index (χ2n) is 6.48. The molecular formula is C19H13ClF7N3O3. The van der Waals surface area contributed by atoms with Crippen LogP contribution < -0.4 is 10.7 Å². The second kappa shape index (κ2) is 9.25. The average Bonchev–Trinajstić information content (AvgIpc) is 2.70. The van der Waals surface area contributed by atoms with Gasteiger partial charge in [-0.1, -0.05) is 23.7 Å². The summed E-state index contributed by atoms with van der Waals surface area (Å²) < 4.78 is 89.7. The van der Waals surface area contributed by atoms with Crippen molar-refractivity contribution >= 4 is 34.8 Å². The summed E-state index contributed by atoms with van der Waals surface area (Å²) in [6.45, 7) is 1.33. The van der Waals surface area contributed by atoms with E-state index in [2.05, 4.69) is 10.5 Å². The van der Waals surface area contributed by atoms with Crippen LogP contribution >= 0.6 is 11.6 Å². The maximum Gasteiger partial charge on any atom is 0.460 e. The van der Waals surface area contributed by atoms with Gasteiger partial charge in [0.05, 0.1) is 11.3 Å². The first kappa shape index (κ1) is 25.9. The third-order valence-corrected chi connectivity index (χ3v) is 4.34. The van der Waals surface area contributed by atoms with Crippen molar-refractivity contribution in [2.75, 3.05) is 5.32 Å². The Kier molecular flexibility index (Phi) is 7.27. The van der Waals surface area contributed by atoms with Crippen molar-refractivity contribution in [1.29, 1.82) is 0 Å². The average molecular weight is 500 g/mol. The van der Waals surface area contributed by atoms with Crippen LogP contribution in [-0.2, 0) is 4.79 Å². The SMILES string of the molecule is C/C(=N/NC(=O)c1ccc(Cl)cc1O)c1cccc(NC(=O)C(F)(F)C(F)(F)C(F)(F)F)c1. The van der Waals surface area contributed by atoms with Crippen LogP contribution in [0.1, 0.15) is 22.8 Å². The topological polar surface area (TPSA) is 90.8 Å². The zero-order valence-corrected chi connectivity index (χ0v) is 17.0. The van der Waals surface area contributed by atoms with Crippen molar-refractivity contribution in [2.24, 2.45) is 5.10 Å². The highest BCUT2D eigenvalue weighted by Gasteiger charge is 2.76. The van der Waals surface area contributed by atoms with Gasteiger partial charge in [-0.25, -0.2) is 5.43 Å². The first-order chi connectivity index (χ1) is 15.1. The fourth-order valence-electron chi connectivity index (χ4n) is 2.31. The number of phenolic OH excluding ortho intramolecular Hbond substituents is 1. The summed E-state index contributed by atoms with van der Waals surface area (Å²) in [6.07, 6.45) is -6.66. The van der Waals surface area contributed by atoms with Crippen LogP contribution in [0.4, 0.5) is 36.4 Å². The lowest BCUT2D eigenvalue weighted by atomic mass is 10.1. The Morgan fingerprint density at radius 1 is 1.00 bits per heavy atom. The zero-order valence-electron chi connectivity index (χ0n) is 16.3. The molecule has 0 aliphatic carbocycles. The number of alkyl halides is 7. The lowest BCUT2D eigenvalue weighted by Crippen LogP contribution is -2.57. The molecule has 2 aromatic carbocycles. The molecule has 0 fully saturated rings. The molecule has 2 amide bonds. The molecule has 2 aromatic rings. The van der Waals surface area contributed by atoms with Crippen molar-refractivity contribution in [3.05, 3.63) is 58.6 Å². The van der Waals surface area contributed by atoms with E-state index in [1.54, 1.807) is 0 Å². The number of carbonyl (C=O) groups excluding carboxylic acids is 2. The molecule has 0 aromatic heterocycles. The van der Waals surface area contributed by atoms with Crippen LogP contribution in [-0.4, -0.2) is 40.7 Å². The number of amides is 2.